The van der Waals surface area contributed by atoms with Crippen molar-refractivity contribution in [1.82, 2.24) is 0 Å². The Morgan fingerprint density at radius 2 is 1.67 bits per heavy atom. The molecule has 0 aliphatic heterocycles. The summed E-state index contributed by atoms with van der Waals surface area (Å²) in [4.78, 5) is 3.02. The van der Waals surface area contributed by atoms with Gasteiger partial charge in [0.05, 0.1) is 0 Å². The van der Waals surface area contributed by atoms with Crippen molar-refractivity contribution in [1.29, 1.82) is 0 Å². The first kappa shape index (κ1) is 7.91. The maximum atomic E-state index is 2.22. The minimum atomic E-state index is 1.27. The quantitative estimate of drug-likeness (QED) is 0.618. The molecule has 1 heterocycles. The van der Waals surface area contributed by atoms with Crippen LogP contribution in [0, 0.1) is 20.8 Å². The monoisotopic (exact) mass is 214 g/mol. The molecule has 1 aromatic rings. The number of rotatable bonds is 0. The van der Waals surface area contributed by atoms with Gasteiger partial charge >= 0.3 is 80.8 Å². The molecule has 0 spiro atoms. The Balaban J connectivity index is 3.29. The molecule has 0 atom stereocenters. The van der Waals surface area contributed by atoms with E-state index in [0.29, 0.717) is 0 Å². The van der Waals surface area contributed by atoms with E-state index in [9.17, 15) is 0 Å². The molecule has 0 aliphatic rings. The van der Waals surface area contributed by atoms with Gasteiger partial charge in [0, 0.05) is 0 Å². The summed E-state index contributed by atoms with van der Waals surface area (Å²) in [5, 5.41) is 0. The van der Waals surface area contributed by atoms with Gasteiger partial charge in [-0.15, -0.1) is 0 Å². The van der Waals surface area contributed by atoms with Crippen LogP contribution >= 0.6 is 11.3 Å². The van der Waals surface area contributed by atoms with Crippen LogP contribution in [-0.2, 0) is 31.0 Å². The molecule has 0 saturated heterocycles. The fraction of sp³-hybridized carbons (Fsp3) is 0.429. The Labute approximate surface area is 80.1 Å². The van der Waals surface area contributed by atoms with Gasteiger partial charge in [0.15, 0.2) is 0 Å². The summed E-state index contributed by atoms with van der Waals surface area (Å²) in [6.07, 6.45) is 0. The van der Waals surface area contributed by atoms with Gasteiger partial charge < -0.3 is 0 Å². The van der Waals surface area contributed by atoms with E-state index >= 15 is 0 Å². The molecule has 0 unspecified atom stereocenters. The third kappa shape index (κ3) is 1.44. The second-order valence-electron chi connectivity index (χ2n) is 2.25. The van der Waals surface area contributed by atoms with E-state index in [0.717, 1.165) is 0 Å². The Kier molecular flexibility index (Phi) is 2.47. The molecular formula is C7H9SY. The predicted molar refractivity (Wildman–Crippen MR) is 38.2 cm³/mol. The van der Waals surface area contributed by atoms with Crippen molar-refractivity contribution in [2.75, 3.05) is 0 Å². The number of aryl methyl sites for hydroxylation is 2. The van der Waals surface area contributed by atoms with Crippen LogP contribution in [0.15, 0.2) is 0 Å². The van der Waals surface area contributed by atoms with Crippen LogP contribution in [0.25, 0.3) is 0 Å². The van der Waals surface area contributed by atoms with E-state index in [1.165, 1.54) is 46.3 Å². The summed E-state index contributed by atoms with van der Waals surface area (Å²) in [5.41, 5.74) is 1.53. The maximum absolute atomic E-state index is 2.22. The topological polar surface area (TPSA) is 0 Å². The van der Waals surface area contributed by atoms with Crippen LogP contribution in [0.3, 0.4) is 0 Å². The molecule has 0 fully saturated rings. The van der Waals surface area contributed by atoms with Gasteiger partial charge in [-0.2, -0.15) is 0 Å². The zero-order chi connectivity index (χ0) is 7.02. The molecule has 46 valence electrons. The Morgan fingerprint density at radius 3 is 1.78 bits per heavy atom. The minimum absolute atomic E-state index is 1.27. The molecule has 0 saturated carbocycles. The zero-order valence-corrected chi connectivity index (χ0v) is 9.64. The molecule has 9 heavy (non-hydrogen) atoms. The molecule has 0 bridgehead atoms. The Bertz CT molecular complexity index is 203. The molecular weight excluding hydrogens is 205 g/mol. The molecule has 0 aliphatic carbocycles. The summed E-state index contributed by atoms with van der Waals surface area (Å²) in [7, 11) is 0. The van der Waals surface area contributed by atoms with Crippen molar-refractivity contribution < 1.29 is 31.0 Å². The van der Waals surface area contributed by atoms with Crippen LogP contribution in [0.2, 0.25) is 0 Å². The van der Waals surface area contributed by atoms with Crippen LogP contribution in [-0.4, -0.2) is 0 Å². The first-order valence-corrected chi connectivity index (χ1v) is 5.18. The second kappa shape index (κ2) is 2.81. The summed E-state index contributed by atoms with van der Waals surface area (Å²) in [6, 6.07) is 0. The first-order valence-electron chi connectivity index (χ1n) is 2.95. The van der Waals surface area contributed by atoms with Crippen molar-refractivity contribution >= 4 is 13.7 Å². The first-order chi connectivity index (χ1) is 4.13. The van der Waals surface area contributed by atoms with Gasteiger partial charge in [0.25, 0.3) is 0 Å². The van der Waals surface area contributed by atoms with Gasteiger partial charge in [-0.25, -0.2) is 0 Å². The van der Waals surface area contributed by atoms with Gasteiger partial charge in [-0.05, 0) is 0 Å². The van der Waals surface area contributed by atoms with Crippen LogP contribution in [0.4, 0.5) is 0 Å². The van der Waals surface area contributed by atoms with E-state index in [1.54, 1.807) is 2.37 Å². The predicted octanol–water partition coefficient (Wildman–Crippen LogP) is 1.85. The average Bonchev–Trinajstić information content (AvgIpc) is 1.98. The molecule has 1 aromatic heterocycles. The third-order valence-electron chi connectivity index (χ3n) is 1.62. The van der Waals surface area contributed by atoms with E-state index in [2.05, 4.69) is 20.8 Å². The normalized spacial score (nSPS) is 10.0. The summed E-state index contributed by atoms with van der Waals surface area (Å²) < 4.78 is 1.60. The zero-order valence-electron chi connectivity index (χ0n) is 5.99. The van der Waals surface area contributed by atoms with Crippen molar-refractivity contribution in [3.8, 4) is 0 Å². The second-order valence-corrected chi connectivity index (χ2v) is 5.10. The van der Waals surface area contributed by atoms with Crippen LogP contribution in [0.5, 0.6) is 0 Å². The molecule has 0 N–H and O–H groups in total. The molecule has 0 amide bonds. The molecule has 0 nitrogen and oxygen atoms in total. The van der Waals surface area contributed by atoms with Gasteiger partial charge in [0.1, 0.15) is 0 Å². The van der Waals surface area contributed by atoms with Crippen molar-refractivity contribution in [2.24, 2.45) is 0 Å². The van der Waals surface area contributed by atoms with Crippen molar-refractivity contribution in [3.63, 3.8) is 0 Å². The summed E-state index contributed by atoms with van der Waals surface area (Å²) >= 11 is 3.20. The van der Waals surface area contributed by atoms with Crippen LogP contribution in [0.1, 0.15) is 15.3 Å². The van der Waals surface area contributed by atoms with E-state index in [-0.39, 0.29) is 0 Å². The van der Waals surface area contributed by atoms with Crippen LogP contribution < -0.4 is 2.37 Å². The Morgan fingerprint density at radius 1 is 1.11 bits per heavy atom. The molecule has 0 radical (unpaired) electrons. The SMILES string of the molecule is Cc1sc(C)[c]([Y])c1C. The summed E-state index contributed by atoms with van der Waals surface area (Å²) in [5.74, 6) is 0. The molecule has 2 heteroatoms. The average molecular weight is 214 g/mol. The number of hydrogen-bond donors (Lipinski definition) is 0. The fourth-order valence-corrected chi connectivity index (χ4v) is 3.02. The van der Waals surface area contributed by atoms with Crippen molar-refractivity contribution in [3.05, 3.63) is 15.3 Å². The van der Waals surface area contributed by atoms with Gasteiger partial charge in [-0.3, -0.25) is 0 Å². The Hall–Kier alpha value is 0.804. The molecule has 1 rings (SSSR count). The van der Waals surface area contributed by atoms with Crippen molar-refractivity contribution in [2.45, 2.75) is 20.8 Å². The molecule has 0 aromatic carbocycles. The van der Waals surface area contributed by atoms with E-state index < -0.39 is 0 Å². The van der Waals surface area contributed by atoms with Gasteiger partial charge in [0.2, 0.25) is 0 Å². The third-order valence-corrected chi connectivity index (χ3v) is 5.40. The fourth-order valence-electron chi connectivity index (χ4n) is 0.815. The van der Waals surface area contributed by atoms with E-state index in [4.69, 9.17) is 0 Å². The summed E-state index contributed by atoms with van der Waals surface area (Å²) in [6.45, 7) is 6.64. The van der Waals surface area contributed by atoms with E-state index in [1.807, 2.05) is 11.3 Å². The van der Waals surface area contributed by atoms with Gasteiger partial charge in [-0.1, -0.05) is 0 Å². The standard InChI is InChI=1S/C7H9S.Y/c1-5-4-6(2)8-7(5)3;/h1-3H3;. The number of hydrogen-bond acceptors (Lipinski definition) is 1. The number of thiophene rings is 1.